The maximum Gasteiger partial charge on any atom is 0.481 e. The molecule has 0 radical (unpaired) electrons. The number of aromatic nitrogens is 9. The monoisotopic (exact) mass is 1330 g/mol. The molecule has 5 aliphatic rings. The third-order valence-corrected chi connectivity index (χ3v) is 18.8. The number of phosphoric ester groups is 4. The molecule has 10 rings (SSSR count). The molecule has 0 aromatic carbocycles. The number of nitrogens with two attached hydrogens (primary N) is 4. The van der Waals surface area contributed by atoms with E-state index < -0.39 is 168 Å². The van der Waals surface area contributed by atoms with Crippen molar-refractivity contribution < 1.29 is 139 Å². The number of carbonyl (C=O) groups is 2. The van der Waals surface area contributed by atoms with E-state index in [0.29, 0.717) is 0 Å². The number of carbonyl (C=O) groups excluding carboxylic acids is 2. The molecule has 0 aliphatic carbocycles. The molecule has 20 atom stereocenters. The zero-order valence-corrected chi connectivity index (χ0v) is 48.2. The quantitative estimate of drug-likeness (QED) is 0.0227. The average Bonchev–Trinajstić information content (AvgIpc) is 1.99. The van der Waals surface area contributed by atoms with Crippen LogP contribution in [0.3, 0.4) is 0 Å². The molecular formula is C42H57N14O28P4+. The first kappa shape index (κ1) is 66.5. The molecule has 5 aromatic heterocycles. The van der Waals surface area contributed by atoms with Crippen molar-refractivity contribution in [2.75, 3.05) is 37.9 Å². The van der Waals surface area contributed by atoms with Crippen LogP contribution in [0, 0.1) is 0 Å². The summed E-state index contributed by atoms with van der Waals surface area (Å²) in [5.74, 6) is -1.37. The number of phosphoric acid groups is 4. The van der Waals surface area contributed by atoms with Crippen LogP contribution < -0.4 is 27.5 Å². The lowest BCUT2D eigenvalue weighted by molar-refractivity contribution is -0.765. The van der Waals surface area contributed by atoms with Gasteiger partial charge in [0.15, 0.2) is 60.1 Å². The number of nitrogen functional groups attached to an aromatic ring is 2. The molecule has 88 heavy (non-hydrogen) atoms. The van der Waals surface area contributed by atoms with Crippen LogP contribution >= 0.6 is 31.3 Å². The van der Waals surface area contributed by atoms with Gasteiger partial charge in [0, 0.05) is 24.0 Å². The van der Waals surface area contributed by atoms with Crippen LogP contribution in [0.25, 0.3) is 22.3 Å². The first-order valence-corrected chi connectivity index (χ1v) is 31.3. The fourth-order valence-electron chi connectivity index (χ4n) is 9.25. The lowest BCUT2D eigenvalue weighted by Crippen LogP contribution is -2.46. The minimum Gasteiger partial charge on any atom is -0.387 e. The number of pyridine rings is 1. The second kappa shape index (κ2) is 26.5. The van der Waals surface area contributed by atoms with E-state index >= 15 is 0 Å². The van der Waals surface area contributed by atoms with E-state index in [1.165, 1.54) is 68.2 Å². The van der Waals surface area contributed by atoms with Gasteiger partial charge in [-0.1, -0.05) is 6.08 Å². The molecule has 0 bridgehead atoms. The number of fused-ring (bicyclic) bond motifs is 2. The number of anilines is 2. The van der Waals surface area contributed by atoms with Crippen LogP contribution in [0.2, 0.25) is 0 Å². The summed E-state index contributed by atoms with van der Waals surface area (Å²) < 4.78 is 103. The van der Waals surface area contributed by atoms with Crippen molar-refractivity contribution in [1.82, 2.24) is 43.9 Å². The Balaban J connectivity index is 0.000000209. The molecule has 2 amide bonds. The molecule has 5 aliphatic heterocycles. The highest BCUT2D eigenvalue weighted by Gasteiger charge is 2.52. The van der Waals surface area contributed by atoms with Gasteiger partial charge in [-0.25, -0.2) is 48.2 Å². The number of hydrogen-bond donors (Lipinski definition) is 16. The Kier molecular flexibility index (Phi) is 20.0. The Bertz CT molecular complexity index is 3650. The van der Waals surface area contributed by atoms with Crippen LogP contribution in [-0.4, -0.2) is 222 Å². The van der Waals surface area contributed by atoms with Gasteiger partial charge in [-0.05, 0) is 12.5 Å². The Morgan fingerprint density at radius 3 is 1.41 bits per heavy atom. The fraction of sp³-hybridized carbons (Fsp3) is 0.500. The van der Waals surface area contributed by atoms with Gasteiger partial charge in [-0.15, -0.1) is 0 Å². The minimum atomic E-state index is -5.37. The standard InChI is InChI=1S/C21H29N7O14P2.C21H27N7O14P2/c2*22-17-12-19(25-7-24-17)28(8-26-12)21-16(32)14(30)11(41-21)6-39-44(36,37)42-43(34,35)38-5-10-13(29)15(31)20(40-10)27-3-1-2-9(4-27)18(23)33/h1,3-4,7-8,10-11,13-16,20-21,29-32H,2,5-6H2,(H2,23,33)(H,34,35)(H,36,37)(H2,22,24,25);1-4,7-8,10-11,13-16,20-21,29-32H,5-6H2,(H5-,22,23,24,25,33,34,35,36,37)/p+1/t2*10-,11-,13-,14-,15-,16-,20-,21-/m11/s1. The highest BCUT2D eigenvalue weighted by atomic mass is 31.3. The average molecular weight is 1330 g/mol. The van der Waals surface area contributed by atoms with Crippen LogP contribution in [0.15, 0.2) is 73.9 Å². The number of hydrogen-bond acceptors (Lipinski definition) is 33. The molecule has 42 nitrogen and oxygen atoms in total. The second-order valence-electron chi connectivity index (χ2n) is 19.5. The van der Waals surface area contributed by atoms with E-state index in [9.17, 15) is 88.3 Å². The van der Waals surface area contributed by atoms with Crippen molar-refractivity contribution in [2.24, 2.45) is 11.5 Å². The van der Waals surface area contributed by atoms with E-state index in [1.807, 2.05) is 0 Å². The summed E-state index contributed by atoms with van der Waals surface area (Å²) in [5, 5.41) is 83.3. The van der Waals surface area contributed by atoms with Gasteiger partial charge in [0.25, 0.3) is 12.1 Å². The van der Waals surface area contributed by atoms with Crippen LogP contribution in [0.1, 0.15) is 35.5 Å². The second-order valence-corrected chi connectivity index (χ2v) is 25.6. The molecule has 0 saturated carbocycles. The molecule has 46 heteroatoms. The van der Waals surface area contributed by atoms with Gasteiger partial charge in [-0.3, -0.25) is 36.8 Å². The van der Waals surface area contributed by atoms with Crippen LogP contribution in [0.4, 0.5) is 11.6 Å². The molecule has 482 valence electrons. The maximum atomic E-state index is 12.4. The van der Waals surface area contributed by atoms with Crippen molar-refractivity contribution in [3.05, 3.63) is 79.4 Å². The zero-order valence-electron chi connectivity index (χ0n) is 44.6. The van der Waals surface area contributed by atoms with E-state index in [2.05, 4.69) is 43.0 Å². The number of aliphatic hydroxyl groups is 8. The van der Waals surface area contributed by atoms with Crippen molar-refractivity contribution in [3.8, 4) is 0 Å². The van der Waals surface area contributed by atoms with E-state index in [0.717, 1.165) is 12.7 Å². The number of aliphatic hydroxyl groups excluding tert-OH is 8. The largest absolute Gasteiger partial charge is 0.481 e. The maximum absolute atomic E-state index is 12.4. The van der Waals surface area contributed by atoms with E-state index in [4.69, 9.17) is 55.5 Å². The minimum absolute atomic E-state index is 0.0505. The first-order valence-electron chi connectivity index (χ1n) is 25.3. The van der Waals surface area contributed by atoms with Crippen LogP contribution in [-0.2, 0) is 68.7 Å². The number of allylic oxidation sites excluding steroid dienone is 1. The highest BCUT2D eigenvalue weighted by molar-refractivity contribution is 7.61. The lowest BCUT2D eigenvalue weighted by Gasteiger charge is -2.28. The lowest BCUT2D eigenvalue weighted by atomic mass is 10.1. The van der Waals surface area contributed by atoms with Crippen molar-refractivity contribution in [1.29, 1.82) is 0 Å². The predicted molar refractivity (Wildman–Crippen MR) is 281 cm³/mol. The Hall–Kier alpha value is -5.89. The molecule has 10 heterocycles. The summed E-state index contributed by atoms with van der Waals surface area (Å²) in [5.41, 5.74) is 23.0. The zero-order chi connectivity index (χ0) is 63.9. The highest BCUT2D eigenvalue weighted by Crippen LogP contribution is 2.62. The van der Waals surface area contributed by atoms with Gasteiger partial charge in [0.1, 0.15) is 96.4 Å². The van der Waals surface area contributed by atoms with Crippen LogP contribution in [0.5, 0.6) is 0 Å². The van der Waals surface area contributed by atoms with E-state index in [-0.39, 0.29) is 51.5 Å². The Morgan fingerprint density at radius 2 is 0.977 bits per heavy atom. The van der Waals surface area contributed by atoms with Crippen molar-refractivity contribution in [3.63, 3.8) is 0 Å². The predicted octanol–water partition coefficient (Wildman–Crippen LogP) is -5.70. The molecule has 4 saturated heterocycles. The molecule has 20 N–H and O–H groups in total. The number of primary amides is 2. The normalized spacial score (nSPS) is 32.5. The summed E-state index contributed by atoms with van der Waals surface area (Å²) in [6.45, 7) is -3.58. The summed E-state index contributed by atoms with van der Waals surface area (Å²) in [4.78, 5) is 87.9. The summed E-state index contributed by atoms with van der Waals surface area (Å²) in [7, 11) is -21.5. The molecular weight excluding hydrogens is 1270 g/mol. The van der Waals surface area contributed by atoms with Crippen molar-refractivity contribution in [2.45, 2.75) is 105 Å². The van der Waals surface area contributed by atoms with Gasteiger partial charge < -0.3 is 107 Å². The number of ether oxygens (including phenoxy) is 4. The fourth-order valence-corrected chi connectivity index (χ4v) is 13.4. The van der Waals surface area contributed by atoms with Gasteiger partial charge in [0.05, 0.1) is 39.1 Å². The van der Waals surface area contributed by atoms with Gasteiger partial charge in [0.2, 0.25) is 5.91 Å². The first-order chi connectivity index (χ1) is 41.3. The number of nitrogens with zero attached hydrogens (tertiary/aromatic N) is 10. The third-order valence-electron chi connectivity index (χ3n) is 13.6. The summed E-state index contributed by atoms with van der Waals surface area (Å²) in [6, 6.07) is 2.83. The number of amides is 2. The SMILES string of the molecule is NC(=O)C1=CN([C@@H]2O[C@H](COP(=O)(O)OP(=O)(O)OC[C@H]3O[C@@H](n4cnc5c(N)ncnc54)[C@H](O)[C@@H]3O)[C@@H](O)[C@H]2O)C=CC1.NC(=O)c1ccc[n+]([C@@H]2O[C@H](COP(=O)(O)OP(=O)(O)OC[C@H]3O[C@@H](n4cnc5c(N)ncnc54)[C@H](O)[C@@H]3O)[C@@H](O)[C@H]2O)c1. The summed E-state index contributed by atoms with van der Waals surface area (Å²) in [6.07, 6.45) is -11.7. The summed E-state index contributed by atoms with van der Waals surface area (Å²) >= 11 is 0. The van der Waals surface area contributed by atoms with Gasteiger partial charge >= 0.3 is 31.3 Å². The molecule has 0 spiro atoms. The molecule has 4 unspecified atom stereocenters. The third kappa shape index (κ3) is 14.8. The molecule has 5 aromatic rings. The number of rotatable bonds is 22. The molecule has 4 fully saturated rings. The Morgan fingerprint density at radius 1 is 0.568 bits per heavy atom. The van der Waals surface area contributed by atoms with Gasteiger partial charge in [-0.2, -0.15) is 13.2 Å². The van der Waals surface area contributed by atoms with Crippen molar-refractivity contribution >= 4 is 77.1 Å². The number of imidazole rings is 2. The smallest absolute Gasteiger partial charge is 0.387 e. The Labute approximate surface area is 491 Å². The topological polar surface area (TPSA) is 636 Å². The van der Waals surface area contributed by atoms with E-state index in [1.54, 1.807) is 6.08 Å².